The van der Waals surface area contributed by atoms with Gasteiger partial charge in [0.05, 0.1) is 6.10 Å². The monoisotopic (exact) mass is 257 g/mol. The number of halogens is 1. The van der Waals surface area contributed by atoms with E-state index in [4.69, 9.17) is 10.5 Å². The molecule has 0 heterocycles. The lowest BCUT2D eigenvalue weighted by atomic mass is 10.1. The van der Waals surface area contributed by atoms with Gasteiger partial charge in [-0.05, 0) is 39.0 Å². The minimum absolute atomic E-state index is 0.0127. The summed E-state index contributed by atoms with van der Waals surface area (Å²) in [5.74, 6) is 0.873. The molecule has 0 bridgehead atoms. The van der Waals surface area contributed by atoms with Gasteiger partial charge in [-0.2, -0.15) is 0 Å². The first kappa shape index (κ1) is 11.5. The quantitative estimate of drug-likeness (QED) is 0.903. The van der Waals surface area contributed by atoms with Gasteiger partial charge >= 0.3 is 0 Å². The molecule has 1 rings (SSSR count). The second-order valence-corrected chi connectivity index (χ2v) is 4.55. The van der Waals surface area contributed by atoms with Crippen LogP contribution in [0.3, 0.4) is 0 Å². The van der Waals surface area contributed by atoms with Crippen LogP contribution in [0.15, 0.2) is 22.7 Å². The van der Waals surface area contributed by atoms with Gasteiger partial charge in [-0.15, -0.1) is 0 Å². The standard InChI is InChI=1S/C11H16BrNO/c1-7(2)14-11-5-4-9(12)6-10(11)8(3)13/h4-8H,13H2,1-3H3/t8-/m1/s1. The van der Waals surface area contributed by atoms with Gasteiger partial charge in [-0.1, -0.05) is 15.9 Å². The lowest BCUT2D eigenvalue weighted by molar-refractivity contribution is 0.239. The molecule has 0 saturated heterocycles. The maximum Gasteiger partial charge on any atom is 0.124 e. The number of nitrogens with two attached hydrogens (primary N) is 1. The fraction of sp³-hybridized carbons (Fsp3) is 0.455. The summed E-state index contributed by atoms with van der Waals surface area (Å²) in [5, 5.41) is 0. The first-order valence-corrected chi connectivity index (χ1v) is 5.51. The van der Waals surface area contributed by atoms with Crippen LogP contribution < -0.4 is 10.5 Å². The van der Waals surface area contributed by atoms with E-state index in [9.17, 15) is 0 Å². The fourth-order valence-electron chi connectivity index (χ4n) is 1.24. The Kier molecular flexibility index (Phi) is 3.96. The Morgan fingerprint density at radius 3 is 2.43 bits per heavy atom. The van der Waals surface area contributed by atoms with Crippen molar-refractivity contribution in [3.63, 3.8) is 0 Å². The van der Waals surface area contributed by atoms with Gasteiger partial charge in [0, 0.05) is 16.1 Å². The number of benzene rings is 1. The molecule has 0 aliphatic rings. The van der Waals surface area contributed by atoms with E-state index < -0.39 is 0 Å². The van der Waals surface area contributed by atoms with Crippen LogP contribution >= 0.6 is 15.9 Å². The molecule has 0 fully saturated rings. The second kappa shape index (κ2) is 4.80. The Bertz CT molecular complexity index is 310. The Morgan fingerprint density at radius 2 is 1.93 bits per heavy atom. The largest absolute Gasteiger partial charge is 0.491 e. The molecular weight excluding hydrogens is 242 g/mol. The molecule has 0 amide bonds. The van der Waals surface area contributed by atoms with Crippen molar-refractivity contribution < 1.29 is 4.74 Å². The van der Waals surface area contributed by atoms with Crippen LogP contribution in [0.2, 0.25) is 0 Å². The fourth-order valence-corrected chi connectivity index (χ4v) is 1.62. The highest BCUT2D eigenvalue weighted by Crippen LogP contribution is 2.28. The first-order valence-electron chi connectivity index (χ1n) is 4.72. The summed E-state index contributed by atoms with van der Waals surface area (Å²) in [4.78, 5) is 0. The molecule has 0 saturated carbocycles. The van der Waals surface area contributed by atoms with E-state index in [0.29, 0.717) is 0 Å². The van der Waals surface area contributed by atoms with Crippen LogP contribution in [0.1, 0.15) is 32.4 Å². The topological polar surface area (TPSA) is 35.2 Å². The van der Waals surface area contributed by atoms with E-state index in [1.54, 1.807) is 0 Å². The maximum absolute atomic E-state index is 5.86. The normalized spacial score (nSPS) is 13.0. The van der Waals surface area contributed by atoms with E-state index >= 15 is 0 Å². The summed E-state index contributed by atoms with van der Waals surface area (Å²) in [6.45, 7) is 5.97. The third-order valence-corrected chi connectivity index (χ3v) is 2.32. The molecule has 14 heavy (non-hydrogen) atoms. The molecule has 0 aromatic heterocycles. The van der Waals surface area contributed by atoms with E-state index in [0.717, 1.165) is 15.8 Å². The molecule has 0 radical (unpaired) electrons. The summed E-state index contributed by atoms with van der Waals surface area (Å²) >= 11 is 3.42. The molecule has 1 aromatic rings. The highest BCUT2D eigenvalue weighted by Gasteiger charge is 2.09. The Hall–Kier alpha value is -0.540. The van der Waals surface area contributed by atoms with Crippen molar-refractivity contribution in [1.29, 1.82) is 0 Å². The summed E-state index contributed by atoms with van der Waals surface area (Å²) in [6.07, 6.45) is 0.175. The predicted octanol–water partition coefficient (Wildman–Crippen LogP) is 3.26. The first-order chi connectivity index (χ1) is 6.50. The van der Waals surface area contributed by atoms with E-state index in [2.05, 4.69) is 15.9 Å². The minimum atomic E-state index is -0.0127. The molecule has 0 spiro atoms. The van der Waals surface area contributed by atoms with E-state index in [-0.39, 0.29) is 12.1 Å². The second-order valence-electron chi connectivity index (χ2n) is 3.64. The zero-order valence-corrected chi connectivity index (χ0v) is 10.3. The van der Waals surface area contributed by atoms with Crippen molar-refractivity contribution in [2.24, 2.45) is 5.73 Å². The Balaban J connectivity index is 3.02. The zero-order valence-electron chi connectivity index (χ0n) is 8.75. The number of hydrogen-bond acceptors (Lipinski definition) is 2. The zero-order chi connectivity index (χ0) is 10.7. The average molecular weight is 258 g/mol. The van der Waals surface area contributed by atoms with Gasteiger partial charge < -0.3 is 10.5 Å². The lowest BCUT2D eigenvalue weighted by Gasteiger charge is -2.16. The van der Waals surface area contributed by atoms with Crippen LogP contribution in [0, 0.1) is 0 Å². The highest BCUT2D eigenvalue weighted by atomic mass is 79.9. The number of rotatable bonds is 3. The van der Waals surface area contributed by atoms with E-state index in [1.165, 1.54) is 0 Å². The SMILES string of the molecule is CC(C)Oc1ccc(Br)cc1[C@@H](C)N. The third kappa shape index (κ3) is 3.00. The number of ether oxygens (including phenoxy) is 1. The predicted molar refractivity (Wildman–Crippen MR) is 62.5 cm³/mol. The van der Waals surface area contributed by atoms with Gasteiger partial charge in [0.15, 0.2) is 0 Å². The van der Waals surface area contributed by atoms with Crippen molar-refractivity contribution in [3.8, 4) is 5.75 Å². The van der Waals surface area contributed by atoms with Crippen LogP contribution in [0.5, 0.6) is 5.75 Å². The number of hydrogen-bond donors (Lipinski definition) is 1. The van der Waals surface area contributed by atoms with Gasteiger partial charge in [0.2, 0.25) is 0 Å². The molecule has 1 aromatic carbocycles. The van der Waals surface area contributed by atoms with Crippen LogP contribution in [0.4, 0.5) is 0 Å². The van der Waals surface area contributed by atoms with Gasteiger partial charge in [-0.3, -0.25) is 0 Å². The van der Waals surface area contributed by atoms with Crippen molar-refractivity contribution in [1.82, 2.24) is 0 Å². The highest BCUT2D eigenvalue weighted by molar-refractivity contribution is 9.10. The van der Waals surface area contributed by atoms with Crippen molar-refractivity contribution >= 4 is 15.9 Å². The Morgan fingerprint density at radius 1 is 1.29 bits per heavy atom. The molecule has 0 unspecified atom stereocenters. The van der Waals surface area contributed by atoms with Crippen LogP contribution in [-0.4, -0.2) is 6.10 Å². The van der Waals surface area contributed by atoms with Gasteiger partial charge in [0.1, 0.15) is 5.75 Å². The minimum Gasteiger partial charge on any atom is -0.491 e. The lowest BCUT2D eigenvalue weighted by Crippen LogP contribution is -2.12. The average Bonchev–Trinajstić information content (AvgIpc) is 2.07. The maximum atomic E-state index is 5.86. The molecule has 1 atom stereocenters. The summed E-state index contributed by atoms with van der Waals surface area (Å²) < 4.78 is 6.69. The summed E-state index contributed by atoms with van der Waals surface area (Å²) in [6, 6.07) is 5.90. The summed E-state index contributed by atoms with van der Waals surface area (Å²) in [5.41, 5.74) is 6.89. The molecule has 78 valence electrons. The molecule has 3 heteroatoms. The van der Waals surface area contributed by atoms with Gasteiger partial charge in [-0.25, -0.2) is 0 Å². The van der Waals surface area contributed by atoms with Crippen molar-refractivity contribution in [2.75, 3.05) is 0 Å². The van der Waals surface area contributed by atoms with Crippen LogP contribution in [0.25, 0.3) is 0 Å². The van der Waals surface area contributed by atoms with Gasteiger partial charge in [0.25, 0.3) is 0 Å². The van der Waals surface area contributed by atoms with E-state index in [1.807, 2.05) is 39.0 Å². The van der Waals surface area contributed by atoms with Crippen LogP contribution in [-0.2, 0) is 0 Å². The Labute approximate surface area is 93.6 Å². The molecular formula is C11H16BrNO. The van der Waals surface area contributed by atoms with Crippen molar-refractivity contribution in [3.05, 3.63) is 28.2 Å². The smallest absolute Gasteiger partial charge is 0.124 e. The molecule has 0 aliphatic carbocycles. The molecule has 2 N–H and O–H groups in total. The summed E-state index contributed by atoms with van der Waals surface area (Å²) in [7, 11) is 0. The molecule has 0 aliphatic heterocycles. The molecule has 2 nitrogen and oxygen atoms in total. The van der Waals surface area contributed by atoms with Crippen molar-refractivity contribution in [2.45, 2.75) is 32.9 Å². The third-order valence-electron chi connectivity index (χ3n) is 1.83.